The van der Waals surface area contributed by atoms with Gasteiger partial charge in [0.05, 0.1) is 6.61 Å². The van der Waals surface area contributed by atoms with Crippen LogP contribution in [0.15, 0.2) is 36.5 Å². The lowest BCUT2D eigenvalue weighted by atomic mass is 10.1. The van der Waals surface area contributed by atoms with Gasteiger partial charge in [-0.05, 0) is 23.8 Å². The SMILES string of the molecule is Cn1ccc2cc(C=CCO)ccc21. The first-order valence-corrected chi connectivity index (χ1v) is 4.64. The highest BCUT2D eigenvalue weighted by atomic mass is 16.2. The van der Waals surface area contributed by atoms with Crippen molar-refractivity contribution in [3.8, 4) is 0 Å². The quantitative estimate of drug-likeness (QED) is 0.766. The molecule has 0 amide bonds. The number of aliphatic hydroxyl groups is 1. The number of aliphatic hydroxyl groups excluding tert-OH is 1. The fourth-order valence-corrected chi connectivity index (χ4v) is 1.59. The van der Waals surface area contributed by atoms with Gasteiger partial charge in [-0.3, -0.25) is 0 Å². The molecule has 0 atom stereocenters. The Labute approximate surface area is 83.1 Å². The minimum atomic E-state index is 0.0901. The van der Waals surface area contributed by atoms with Gasteiger partial charge in [0.1, 0.15) is 0 Å². The van der Waals surface area contributed by atoms with Gasteiger partial charge < -0.3 is 9.67 Å². The second-order valence-electron chi connectivity index (χ2n) is 3.33. The molecule has 1 heterocycles. The summed E-state index contributed by atoms with van der Waals surface area (Å²) in [6, 6.07) is 8.34. The van der Waals surface area contributed by atoms with Crippen LogP contribution in [0.4, 0.5) is 0 Å². The monoisotopic (exact) mass is 187 g/mol. The normalized spacial score (nSPS) is 11.6. The van der Waals surface area contributed by atoms with Crippen molar-refractivity contribution in [2.75, 3.05) is 6.61 Å². The molecule has 0 radical (unpaired) electrons. The van der Waals surface area contributed by atoms with Gasteiger partial charge in [0.25, 0.3) is 0 Å². The Morgan fingerprint density at radius 3 is 3.00 bits per heavy atom. The van der Waals surface area contributed by atoms with E-state index in [9.17, 15) is 0 Å². The molecule has 2 aromatic rings. The van der Waals surface area contributed by atoms with Crippen LogP contribution >= 0.6 is 0 Å². The van der Waals surface area contributed by atoms with E-state index in [1.54, 1.807) is 6.08 Å². The zero-order chi connectivity index (χ0) is 9.97. The van der Waals surface area contributed by atoms with E-state index < -0.39 is 0 Å². The van der Waals surface area contributed by atoms with Gasteiger partial charge in [0.2, 0.25) is 0 Å². The standard InChI is InChI=1S/C12H13NO/c1-13-7-6-11-9-10(3-2-8-14)4-5-12(11)13/h2-7,9,14H,8H2,1H3. The molecule has 1 aromatic heterocycles. The Bertz CT molecular complexity index is 468. The summed E-state index contributed by atoms with van der Waals surface area (Å²) in [5, 5.41) is 9.88. The van der Waals surface area contributed by atoms with E-state index in [4.69, 9.17) is 5.11 Å². The fourth-order valence-electron chi connectivity index (χ4n) is 1.59. The van der Waals surface area contributed by atoms with E-state index in [0.717, 1.165) is 5.56 Å². The van der Waals surface area contributed by atoms with Gasteiger partial charge in [-0.25, -0.2) is 0 Å². The summed E-state index contributed by atoms with van der Waals surface area (Å²) in [5.41, 5.74) is 2.35. The maximum absolute atomic E-state index is 8.65. The summed E-state index contributed by atoms with van der Waals surface area (Å²) < 4.78 is 2.09. The molecular weight excluding hydrogens is 174 g/mol. The topological polar surface area (TPSA) is 25.2 Å². The van der Waals surface area contributed by atoms with Gasteiger partial charge in [0.15, 0.2) is 0 Å². The fraction of sp³-hybridized carbons (Fsp3) is 0.167. The first-order chi connectivity index (χ1) is 6.81. The van der Waals surface area contributed by atoms with Gasteiger partial charge >= 0.3 is 0 Å². The molecule has 1 aromatic carbocycles. The molecule has 0 fully saturated rings. The second kappa shape index (κ2) is 3.68. The Hall–Kier alpha value is -1.54. The van der Waals surface area contributed by atoms with Crippen LogP contribution in [0.2, 0.25) is 0 Å². The smallest absolute Gasteiger partial charge is 0.0615 e. The highest BCUT2D eigenvalue weighted by Gasteiger charge is 1.96. The molecule has 14 heavy (non-hydrogen) atoms. The third-order valence-electron chi connectivity index (χ3n) is 2.32. The Morgan fingerprint density at radius 1 is 1.36 bits per heavy atom. The van der Waals surface area contributed by atoms with Crippen LogP contribution in [0, 0.1) is 0 Å². The van der Waals surface area contributed by atoms with Gasteiger partial charge in [-0.15, -0.1) is 0 Å². The minimum Gasteiger partial charge on any atom is -0.392 e. The lowest BCUT2D eigenvalue weighted by Crippen LogP contribution is -1.83. The van der Waals surface area contributed by atoms with Crippen molar-refractivity contribution in [2.45, 2.75) is 0 Å². The van der Waals surface area contributed by atoms with Crippen molar-refractivity contribution < 1.29 is 5.11 Å². The summed E-state index contributed by atoms with van der Waals surface area (Å²) in [6.07, 6.45) is 5.71. The van der Waals surface area contributed by atoms with Crippen LogP contribution in [0.1, 0.15) is 5.56 Å². The number of aryl methyl sites for hydroxylation is 1. The third-order valence-corrected chi connectivity index (χ3v) is 2.32. The average molecular weight is 187 g/mol. The number of aromatic nitrogens is 1. The van der Waals surface area contributed by atoms with Crippen LogP contribution in [0.25, 0.3) is 17.0 Å². The van der Waals surface area contributed by atoms with E-state index in [2.05, 4.69) is 28.8 Å². The number of nitrogens with zero attached hydrogens (tertiary/aromatic N) is 1. The van der Waals surface area contributed by atoms with E-state index in [-0.39, 0.29) is 6.61 Å². The average Bonchev–Trinajstić information content (AvgIpc) is 2.57. The molecule has 2 nitrogen and oxygen atoms in total. The first-order valence-electron chi connectivity index (χ1n) is 4.64. The van der Waals surface area contributed by atoms with Crippen molar-refractivity contribution in [1.82, 2.24) is 4.57 Å². The molecule has 0 aliphatic heterocycles. The number of rotatable bonds is 2. The lowest BCUT2D eigenvalue weighted by molar-refractivity contribution is 0.343. The minimum absolute atomic E-state index is 0.0901. The predicted molar refractivity (Wildman–Crippen MR) is 59.0 cm³/mol. The summed E-state index contributed by atoms with van der Waals surface area (Å²) >= 11 is 0. The molecule has 2 rings (SSSR count). The molecular formula is C12H13NO. The molecule has 2 heteroatoms. The maximum Gasteiger partial charge on any atom is 0.0615 e. The van der Waals surface area contributed by atoms with E-state index in [1.807, 2.05) is 19.3 Å². The molecule has 1 N–H and O–H groups in total. The molecule has 0 bridgehead atoms. The maximum atomic E-state index is 8.65. The Morgan fingerprint density at radius 2 is 2.21 bits per heavy atom. The highest BCUT2D eigenvalue weighted by Crippen LogP contribution is 2.17. The number of hydrogen-bond acceptors (Lipinski definition) is 1. The molecule has 0 saturated heterocycles. The lowest BCUT2D eigenvalue weighted by Gasteiger charge is -1.97. The first kappa shape index (κ1) is 9.03. The van der Waals surface area contributed by atoms with Crippen LogP contribution in [0.3, 0.4) is 0 Å². The van der Waals surface area contributed by atoms with Crippen LogP contribution in [-0.4, -0.2) is 16.3 Å². The van der Waals surface area contributed by atoms with Crippen molar-refractivity contribution in [3.05, 3.63) is 42.1 Å². The number of hydrogen-bond donors (Lipinski definition) is 1. The summed E-state index contributed by atoms with van der Waals surface area (Å²) in [5.74, 6) is 0. The molecule has 0 saturated carbocycles. The summed E-state index contributed by atoms with van der Waals surface area (Å²) in [4.78, 5) is 0. The van der Waals surface area contributed by atoms with Crippen LogP contribution < -0.4 is 0 Å². The van der Waals surface area contributed by atoms with E-state index in [1.165, 1.54) is 10.9 Å². The van der Waals surface area contributed by atoms with E-state index >= 15 is 0 Å². The van der Waals surface area contributed by atoms with Gasteiger partial charge in [-0.1, -0.05) is 18.2 Å². The third kappa shape index (κ3) is 1.56. The van der Waals surface area contributed by atoms with Crippen molar-refractivity contribution in [3.63, 3.8) is 0 Å². The van der Waals surface area contributed by atoms with Crippen molar-refractivity contribution in [2.24, 2.45) is 7.05 Å². The molecule has 0 unspecified atom stereocenters. The molecule has 72 valence electrons. The van der Waals surface area contributed by atoms with Gasteiger partial charge in [-0.2, -0.15) is 0 Å². The van der Waals surface area contributed by atoms with Gasteiger partial charge in [0, 0.05) is 24.1 Å². The Kier molecular flexibility index (Phi) is 2.37. The largest absolute Gasteiger partial charge is 0.392 e. The van der Waals surface area contributed by atoms with Crippen molar-refractivity contribution in [1.29, 1.82) is 0 Å². The number of fused-ring (bicyclic) bond motifs is 1. The van der Waals surface area contributed by atoms with Crippen LogP contribution in [-0.2, 0) is 7.05 Å². The molecule has 0 aliphatic rings. The highest BCUT2D eigenvalue weighted by molar-refractivity contribution is 5.82. The zero-order valence-electron chi connectivity index (χ0n) is 8.14. The van der Waals surface area contributed by atoms with Crippen LogP contribution in [0.5, 0.6) is 0 Å². The van der Waals surface area contributed by atoms with Crippen molar-refractivity contribution >= 4 is 17.0 Å². The summed E-state index contributed by atoms with van der Waals surface area (Å²) in [7, 11) is 2.03. The zero-order valence-corrected chi connectivity index (χ0v) is 8.14. The van der Waals surface area contributed by atoms with E-state index in [0.29, 0.717) is 0 Å². The second-order valence-corrected chi connectivity index (χ2v) is 3.33. The molecule has 0 aliphatic carbocycles. The number of benzene rings is 1. The Balaban J connectivity index is 2.47. The molecule has 0 spiro atoms. The summed E-state index contributed by atoms with van der Waals surface area (Å²) in [6.45, 7) is 0.0901. The predicted octanol–water partition coefficient (Wildman–Crippen LogP) is 2.18.